The topological polar surface area (TPSA) is 102 Å². The van der Waals surface area contributed by atoms with Crippen LogP contribution >= 0.6 is 0 Å². The molecule has 2 aliphatic rings. The predicted octanol–water partition coefficient (Wildman–Crippen LogP) is 2.78. The molecule has 2 heterocycles. The summed E-state index contributed by atoms with van der Waals surface area (Å²) < 4.78 is 7.18. The first-order chi connectivity index (χ1) is 15.8. The molecule has 1 aliphatic heterocycles. The van der Waals surface area contributed by atoms with E-state index < -0.39 is 0 Å². The number of hydrogen-bond acceptors (Lipinski definition) is 5. The van der Waals surface area contributed by atoms with Crippen LogP contribution in [0.15, 0.2) is 24.3 Å². The molecule has 8 heteroatoms. The number of carbonyl (C=O) groups excluding carboxylic acids is 2. The minimum absolute atomic E-state index is 0.0209. The first kappa shape index (κ1) is 22.9. The monoisotopic (exact) mass is 449 g/mol. The second kappa shape index (κ2) is 8.91. The first-order valence-electron chi connectivity index (χ1n) is 11.3. The molecule has 8 nitrogen and oxygen atoms in total. The highest BCUT2D eigenvalue weighted by Crippen LogP contribution is 2.54. The molecule has 0 radical (unpaired) electrons. The van der Waals surface area contributed by atoms with Crippen molar-refractivity contribution in [2.45, 2.75) is 45.3 Å². The van der Waals surface area contributed by atoms with Crippen molar-refractivity contribution < 1.29 is 14.3 Å². The average molecular weight is 450 g/mol. The fourth-order valence-corrected chi connectivity index (χ4v) is 5.07. The summed E-state index contributed by atoms with van der Waals surface area (Å²) >= 11 is 0. The van der Waals surface area contributed by atoms with Crippen LogP contribution in [0.25, 0.3) is 11.3 Å². The fourth-order valence-electron chi connectivity index (χ4n) is 5.07. The maximum atomic E-state index is 12.7. The number of amides is 2. The Kier molecular flexibility index (Phi) is 6.17. The summed E-state index contributed by atoms with van der Waals surface area (Å²) in [4.78, 5) is 26.7. The van der Waals surface area contributed by atoms with Crippen LogP contribution in [0.3, 0.4) is 0 Å². The third kappa shape index (κ3) is 4.09. The molecule has 2 amide bonds. The number of nitrogens with two attached hydrogens (primary N) is 1. The Morgan fingerprint density at radius 3 is 2.61 bits per heavy atom. The summed E-state index contributed by atoms with van der Waals surface area (Å²) in [5, 5.41) is 7.49. The fraction of sp³-hybridized carbons (Fsp3) is 0.480. The van der Waals surface area contributed by atoms with E-state index in [-0.39, 0.29) is 29.4 Å². The van der Waals surface area contributed by atoms with Gasteiger partial charge in [0.25, 0.3) is 11.8 Å². The molecule has 1 saturated heterocycles. The molecule has 0 bridgehead atoms. The SMILES string of the molecule is CC#CC(=O)N1CCC2(CC(n3nc(-c4ccc(C(C)OC)cc4)c(C(=O)NC)c3N)C2)C1. The molecule has 33 heavy (non-hydrogen) atoms. The lowest BCUT2D eigenvalue weighted by Gasteiger charge is -2.45. The molecule has 1 atom stereocenters. The number of nitrogen functional groups attached to an aromatic ring is 1. The second-order valence-corrected chi connectivity index (χ2v) is 9.05. The zero-order valence-electron chi connectivity index (χ0n) is 19.6. The Balaban J connectivity index is 1.58. The molecular formula is C25H31N5O3. The van der Waals surface area contributed by atoms with Crippen molar-refractivity contribution in [2.24, 2.45) is 5.41 Å². The first-order valence-corrected chi connectivity index (χ1v) is 11.3. The third-order valence-electron chi connectivity index (χ3n) is 7.05. The van der Waals surface area contributed by atoms with E-state index in [1.165, 1.54) is 0 Å². The van der Waals surface area contributed by atoms with Crippen LogP contribution in [-0.4, -0.2) is 53.7 Å². The normalized spacial score (nSPS) is 22.4. The number of likely N-dealkylation sites (tertiary alicyclic amines) is 1. The van der Waals surface area contributed by atoms with Crippen molar-refractivity contribution in [1.29, 1.82) is 0 Å². The summed E-state index contributed by atoms with van der Waals surface area (Å²) in [6.45, 7) is 5.11. The van der Waals surface area contributed by atoms with Gasteiger partial charge in [-0.1, -0.05) is 30.2 Å². The van der Waals surface area contributed by atoms with Crippen molar-refractivity contribution >= 4 is 17.6 Å². The van der Waals surface area contributed by atoms with Gasteiger partial charge in [-0.2, -0.15) is 5.10 Å². The Morgan fingerprint density at radius 1 is 1.30 bits per heavy atom. The highest BCUT2D eigenvalue weighted by molar-refractivity contribution is 6.04. The van der Waals surface area contributed by atoms with E-state index in [0.717, 1.165) is 36.9 Å². The van der Waals surface area contributed by atoms with E-state index in [9.17, 15) is 9.59 Å². The quantitative estimate of drug-likeness (QED) is 0.684. The van der Waals surface area contributed by atoms with Gasteiger partial charge in [0.1, 0.15) is 17.1 Å². The highest BCUT2D eigenvalue weighted by atomic mass is 16.5. The minimum atomic E-state index is -0.257. The average Bonchev–Trinajstić information content (AvgIpc) is 3.39. The zero-order chi connectivity index (χ0) is 23.8. The lowest BCUT2D eigenvalue weighted by Crippen LogP contribution is -2.42. The molecule has 174 valence electrons. The van der Waals surface area contributed by atoms with Gasteiger partial charge in [0.2, 0.25) is 0 Å². The molecule has 3 N–H and O–H groups in total. The maximum absolute atomic E-state index is 12.7. The van der Waals surface area contributed by atoms with Gasteiger partial charge in [-0.15, -0.1) is 0 Å². The lowest BCUT2D eigenvalue weighted by molar-refractivity contribution is -0.125. The second-order valence-electron chi connectivity index (χ2n) is 9.05. The van der Waals surface area contributed by atoms with E-state index in [0.29, 0.717) is 23.6 Å². The van der Waals surface area contributed by atoms with E-state index in [2.05, 4.69) is 17.2 Å². The molecule has 1 aromatic carbocycles. The van der Waals surface area contributed by atoms with Crippen molar-refractivity contribution in [2.75, 3.05) is 33.0 Å². The summed E-state index contributed by atoms with van der Waals surface area (Å²) in [5.41, 5.74) is 9.40. The molecule has 2 fully saturated rings. The summed E-state index contributed by atoms with van der Waals surface area (Å²) in [6.07, 6.45) is 2.68. The number of methoxy groups -OCH3 is 1. The van der Waals surface area contributed by atoms with Crippen LogP contribution < -0.4 is 11.1 Å². The van der Waals surface area contributed by atoms with Crippen molar-refractivity contribution in [3.8, 4) is 23.1 Å². The summed E-state index contributed by atoms with van der Waals surface area (Å²) in [7, 11) is 3.26. The van der Waals surface area contributed by atoms with Crippen molar-refractivity contribution in [3.05, 3.63) is 35.4 Å². The smallest absolute Gasteiger partial charge is 0.298 e. The molecule has 1 unspecified atom stereocenters. The molecular weight excluding hydrogens is 418 g/mol. The Bertz CT molecular complexity index is 1120. The number of anilines is 1. The van der Waals surface area contributed by atoms with Crippen LogP contribution in [0, 0.1) is 17.3 Å². The predicted molar refractivity (Wildman–Crippen MR) is 126 cm³/mol. The van der Waals surface area contributed by atoms with Gasteiger partial charge < -0.3 is 20.7 Å². The number of hydrogen-bond donors (Lipinski definition) is 2. The Hall–Kier alpha value is -3.31. The Labute approximate surface area is 194 Å². The maximum Gasteiger partial charge on any atom is 0.298 e. The van der Waals surface area contributed by atoms with Crippen LogP contribution in [-0.2, 0) is 9.53 Å². The molecule has 1 aliphatic carbocycles. The van der Waals surface area contributed by atoms with Gasteiger partial charge >= 0.3 is 0 Å². The van der Waals surface area contributed by atoms with Gasteiger partial charge in [0.15, 0.2) is 0 Å². The van der Waals surface area contributed by atoms with Crippen molar-refractivity contribution in [1.82, 2.24) is 20.0 Å². The number of benzene rings is 1. The van der Waals surface area contributed by atoms with Gasteiger partial charge in [0, 0.05) is 32.8 Å². The third-order valence-corrected chi connectivity index (χ3v) is 7.05. The summed E-state index contributed by atoms with van der Waals surface area (Å²) in [5.74, 6) is 5.34. The van der Waals surface area contributed by atoms with Crippen molar-refractivity contribution in [3.63, 3.8) is 0 Å². The molecule has 4 rings (SSSR count). The molecule has 2 aromatic rings. The number of nitrogens with one attached hydrogen (secondary N) is 1. The standard InChI is InChI=1S/C25H31N5O3/c1-5-6-20(31)29-12-11-25(15-29)13-19(14-25)30-23(26)21(24(32)27-3)22(28-30)18-9-7-17(8-10-18)16(2)33-4/h7-10,16,19H,11-15,26H2,1-4H3,(H,27,32). The van der Waals surface area contributed by atoms with Crippen LogP contribution in [0.4, 0.5) is 5.82 Å². The van der Waals surface area contributed by atoms with Gasteiger partial charge in [-0.3, -0.25) is 9.59 Å². The zero-order valence-corrected chi connectivity index (χ0v) is 19.6. The highest BCUT2D eigenvalue weighted by Gasteiger charge is 2.51. The largest absolute Gasteiger partial charge is 0.383 e. The number of carbonyl (C=O) groups is 2. The number of nitrogens with zero attached hydrogens (tertiary/aromatic N) is 3. The van der Waals surface area contributed by atoms with Gasteiger partial charge in [0.05, 0.1) is 12.1 Å². The van der Waals surface area contributed by atoms with E-state index in [4.69, 9.17) is 15.6 Å². The van der Waals surface area contributed by atoms with E-state index in [1.807, 2.05) is 36.1 Å². The molecule has 1 aromatic heterocycles. The van der Waals surface area contributed by atoms with E-state index in [1.54, 1.807) is 25.8 Å². The van der Waals surface area contributed by atoms with Crippen LogP contribution in [0.1, 0.15) is 61.2 Å². The number of aromatic nitrogens is 2. The summed E-state index contributed by atoms with van der Waals surface area (Å²) in [6, 6.07) is 7.95. The minimum Gasteiger partial charge on any atom is -0.383 e. The molecule has 1 saturated carbocycles. The van der Waals surface area contributed by atoms with Crippen LogP contribution in [0.5, 0.6) is 0 Å². The number of ether oxygens (including phenoxy) is 1. The van der Waals surface area contributed by atoms with Gasteiger partial charge in [-0.05, 0) is 50.0 Å². The van der Waals surface area contributed by atoms with Gasteiger partial charge in [-0.25, -0.2) is 4.68 Å². The lowest BCUT2D eigenvalue weighted by atomic mass is 9.65. The number of rotatable bonds is 5. The Morgan fingerprint density at radius 2 is 2.00 bits per heavy atom. The van der Waals surface area contributed by atoms with E-state index >= 15 is 0 Å². The molecule has 1 spiro atoms. The van der Waals surface area contributed by atoms with Crippen LogP contribution in [0.2, 0.25) is 0 Å².